The summed E-state index contributed by atoms with van der Waals surface area (Å²) in [6.07, 6.45) is 0. The minimum atomic E-state index is -2.95. The molecule has 0 bridgehead atoms. The molecule has 8 nitrogen and oxygen atoms in total. The number of fused-ring (bicyclic) bond motifs is 1. The van der Waals surface area contributed by atoms with E-state index in [-0.39, 0.29) is 33.9 Å². The van der Waals surface area contributed by atoms with Crippen molar-refractivity contribution in [1.29, 1.82) is 0 Å². The highest BCUT2D eigenvalue weighted by Crippen LogP contribution is 2.23. The number of alkyl halides is 2. The van der Waals surface area contributed by atoms with Gasteiger partial charge in [0.15, 0.2) is 11.0 Å². The van der Waals surface area contributed by atoms with E-state index < -0.39 is 6.61 Å². The fourth-order valence-electron chi connectivity index (χ4n) is 2.95. The summed E-state index contributed by atoms with van der Waals surface area (Å²) in [6.45, 7) is -1.25. The van der Waals surface area contributed by atoms with Crippen LogP contribution in [0.5, 0.6) is 5.75 Å². The highest BCUT2D eigenvalue weighted by Gasteiger charge is 2.16. The van der Waals surface area contributed by atoms with Crippen molar-refractivity contribution in [2.45, 2.75) is 18.7 Å². The number of hydrogen-bond donors (Lipinski definition) is 1. The first-order chi connectivity index (χ1) is 15.4. The minimum absolute atomic E-state index is 0.0398. The topological polar surface area (TPSA) is 99.2 Å². The number of halogens is 2. The highest BCUT2D eigenvalue weighted by molar-refractivity contribution is 7.99. The van der Waals surface area contributed by atoms with E-state index >= 15 is 0 Å². The van der Waals surface area contributed by atoms with Crippen LogP contribution in [0, 0.1) is 6.92 Å². The molecule has 2 heterocycles. The van der Waals surface area contributed by atoms with Crippen LogP contribution in [0.25, 0.3) is 16.6 Å². The van der Waals surface area contributed by atoms with Crippen LogP contribution in [-0.4, -0.2) is 33.0 Å². The number of para-hydroxylation sites is 1. The van der Waals surface area contributed by atoms with Crippen LogP contribution < -0.4 is 15.6 Å². The molecule has 2 aromatic carbocycles. The Kier molecular flexibility index (Phi) is 6.17. The van der Waals surface area contributed by atoms with Gasteiger partial charge in [-0.3, -0.25) is 14.2 Å². The van der Waals surface area contributed by atoms with Crippen molar-refractivity contribution in [2.24, 2.45) is 0 Å². The van der Waals surface area contributed by atoms with Crippen molar-refractivity contribution in [1.82, 2.24) is 14.7 Å². The van der Waals surface area contributed by atoms with E-state index in [0.717, 1.165) is 11.8 Å². The van der Waals surface area contributed by atoms with Crippen LogP contribution in [0.4, 0.5) is 14.6 Å². The maximum Gasteiger partial charge on any atom is 0.387 e. The van der Waals surface area contributed by atoms with Gasteiger partial charge in [-0.25, -0.2) is 4.98 Å². The number of thioether (sulfide) groups is 1. The molecule has 0 aliphatic heterocycles. The van der Waals surface area contributed by atoms with Gasteiger partial charge in [0.2, 0.25) is 5.91 Å². The quantitative estimate of drug-likeness (QED) is 0.330. The number of anilines is 1. The van der Waals surface area contributed by atoms with E-state index in [1.807, 2.05) is 0 Å². The molecule has 0 radical (unpaired) electrons. The van der Waals surface area contributed by atoms with Crippen molar-refractivity contribution in [3.8, 4) is 11.4 Å². The third-order valence-electron chi connectivity index (χ3n) is 4.29. The third kappa shape index (κ3) is 4.78. The van der Waals surface area contributed by atoms with Crippen LogP contribution >= 0.6 is 11.8 Å². The lowest BCUT2D eigenvalue weighted by Crippen LogP contribution is -2.23. The van der Waals surface area contributed by atoms with Gasteiger partial charge in [0.1, 0.15) is 11.5 Å². The summed E-state index contributed by atoms with van der Waals surface area (Å²) in [7, 11) is 0. The number of amides is 1. The van der Waals surface area contributed by atoms with Crippen molar-refractivity contribution >= 4 is 34.4 Å². The van der Waals surface area contributed by atoms with Gasteiger partial charge < -0.3 is 14.6 Å². The summed E-state index contributed by atoms with van der Waals surface area (Å²) in [4.78, 5) is 30.0. The summed E-state index contributed by atoms with van der Waals surface area (Å²) in [5, 5.41) is 6.96. The first-order valence-corrected chi connectivity index (χ1v) is 10.3. The fraction of sp³-hybridized carbons (Fsp3) is 0.143. The number of rotatable bonds is 7. The molecule has 164 valence electrons. The second-order valence-electron chi connectivity index (χ2n) is 6.58. The first-order valence-electron chi connectivity index (χ1n) is 9.34. The van der Waals surface area contributed by atoms with Gasteiger partial charge in [0, 0.05) is 6.07 Å². The van der Waals surface area contributed by atoms with Crippen LogP contribution in [0.1, 0.15) is 5.76 Å². The molecular weight excluding hydrogens is 442 g/mol. The number of hydrogen-bond acceptors (Lipinski definition) is 7. The van der Waals surface area contributed by atoms with Gasteiger partial charge in [0.05, 0.1) is 22.3 Å². The maximum atomic E-state index is 13.2. The average Bonchev–Trinajstić information content (AvgIpc) is 3.17. The van der Waals surface area contributed by atoms with Gasteiger partial charge in [-0.15, -0.1) is 0 Å². The van der Waals surface area contributed by atoms with Crippen LogP contribution in [-0.2, 0) is 4.79 Å². The number of aryl methyl sites for hydroxylation is 1. The number of nitrogens with one attached hydrogen (secondary N) is 1. The molecule has 0 unspecified atom stereocenters. The number of ether oxygens (including phenoxy) is 1. The molecule has 4 aromatic rings. The lowest BCUT2D eigenvalue weighted by atomic mass is 10.2. The summed E-state index contributed by atoms with van der Waals surface area (Å²) in [5.41, 5.74) is 0.513. The molecule has 0 atom stereocenters. The summed E-state index contributed by atoms with van der Waals surface area (Å²) in [5.74, 6) is 0.382. The summed E-state index contributed by atoms with van der Waals surface area (Å²) in [6, 6.07) is 14.0. The second kappa shape index (κ2) is 9.18. The standard InChI is InChI=1S/C21H16F2N4O4S/c1-12-10-17(26-31-12)25-18(28)11-32-21-24-16-5-3-2-4-15(16)19(29)27(21)13-6-8-14(9-7-13)30-20(22)23/h2-10,20H,11H2,1H3,(H,25,26,28). The molecule has 0 aliphatic carbocycles. The van der Waals surface area contributed by atoms with Crippen LogP contribution in [0.15, 0.2) is 69.1 Å². The molecule has 0 saturated heterocycles. The Hall–Kier alpha value is -3.73. The van der Waals surface area contributed by atoms with E-state index in [1.54, 1.807) is 37.3 Å². The van der Waals surface area contributed by atoms with Crippen molar-refractivity contribution < 1.29 is 22.8 Å². The van der Waals surface area contributed by atoms with E-state index in [4.69, 9.17) is 4.52 Å². The molecule has 2 aromatic heterocycles. The largest absolute Gasteiger partial charge is 0.435 e. The lowest BCUT2D eigenvalue weighted by Gasteiger charge is -2.13. The molecule has 11 heteroatoms. The van der Waals surface area contributed by atoms with Crippen molar-refractivity contribution in [3.63, 3.8) is 0 Å². The van der Waals surface area contributed by atoms with Gasteiger partial charge in [-0.1, -0.05) is 29.1 Å². The fourth-order valence-corrected chi connectivity index (χ4v) is 3.76. The monoisotopic (exact) mass is 458 g/mol. The normalized spacial score (nSPS) is 11.1. The number of carbonyl (C=O) groups excluding carboxylic acids is 1. The number of nitrogens with zero attached hydrogens (tertiary/aromatic N) is 3. The average molecular weight is 458 g/mol. The molecule has 32 heavy (non-hydrogen) atoms. The zero-order valence-corrected chi connectivity index (χ0v) is 17.4. The Bertz CT molecular complexity index is 1320. The van der Waals surface area contributed by atoms with Crippen LogP contribution in [0.3, 0.4) is 0 Å². The number of benzene rings is 2. The molecular formula is C21H16F2N4O4S. The smallest absolute Gasteiger partial charge is 0.387 e. The molecule has 1 N–H and O–H groups in total. The maximum absolute atomic E-state index is 13.2. The Labute approximate surface area is 184 Å². The molecule has 0 spiro atoms. The summed E-state index contributed by atoms with van der Waals surface area (Å²) >= 11 is 1.05. The van der Waals surface area contributed by atoms with E-state index in [9.17, 15) is 18.4 Å². The Morgan fingerprint density at radius 2 is 1.97 bits per heavy atom. The number of aromatic nitrogens is 3. The first kappa shape index (κ1) is 21.5. The Balaban J connectivity index is 1.66. The van der Waals surface area contributed by atoms with Gasteiger partial charge in [-0.05, 0) is 43.3 Å². The van der Waals surface area contributed by atoms with Crippen molar-refractivity contribution in [3.05, 3.63) is 70.7 Å². The highest BCUT2D eigenvalue weighted by atomic mass is 32.2. The number of carbonyl (C=O) groups is 1. The van der Waals surface area contributed by atoms with Gasteiger partial charge >= 0.3 is 6.61 Å². The molecule has 0 aliphatic rings. The summed E-state index contributed by atoms with van der Waals surface area (Å²) < 4.78 is 35.5. The zero-order valence-electron chi connectivity index (χ0n) is 16.6. The second-order valence-corrected chi connectivity index (χ2v) is 7.53. The Morgan fingerprint density at radius 1 is 1.22 bits per heavy atom. The van der Waals surface area contributed by atoms with Crippen LogP contribution in [0.2, 0.25) is 0 Å². The minimum Gasteiger partial charge on any atom is -0.435 e. The predicted octanol–water partition coefficient (Wildman–Crippen LogP) is 4.01. The van der Waals surface area contributed by atoms with E-state index in [0.29, 0.717) is 22.4 Å². The van der Waals surface area contributed by atoms with Gasteiger partial charge in [-0.2, -0.15) is 8.78 Å². The Morgan fingerprint density at radius 3 is 2.66 bits per heavy atom. The molecule has 1 amide bonds. The lowest BCUT2D eigenvalue weighted by molar-refractivity contribution is -0.113. The predicted molar refractivity (Wildman–Crippen MR) is 115 cm³/mol. The van der Waals surface area contributed by atoms with Gasteiger partial charge in [0.25, 0.3) is 5.56 Å². The van der Waals surface area contributed by atoms with E-state index in [1.165, 1.54) is 28.8 Å². The third-order valence-corrected chi connectivity index (χ3v) is 5.23. The zero-order chi connectivity index (χ0) is 22.7. The van der Waals surface area contributed by atoms with E-state index in [2.05, 4.69) is 20.2 Å². The SMILES string of the molecule is Cc1cc(NC(=O)CSc2nc3ccccc3c(=O)n2-c2ccc(OC(F)F)cc2)no1. The molecule has 0 fully saturated rings. The van der Waals surface area contributed by atoms with Crippen molar-refractivity contribution in [2.75, 3.05) is 11.1 Å². The molecule has 0 saturated carbocycles. The molecule has 4 rings (SSSR count).